The fourth-order valence-electron chi connectivity index (χ4n) is 3.07. The monoisotopic (exact) mass is 323 g/mol. The molecule has 0 aliphatic carbocycles. The van der Waals surface area contributed by atoms with Crippen molar-refractivity contribution in [1.82, 2.24) is 15.4 Å². The molecule has 1 saturated heterocycles. The Hall–Kier alpha value is -1.59. The minimum atomic E-state index is 0. The average Bonchev–Trinajstić information content (AvgIpc) is 2.91. The predicted octanol–water partition coefficient (Wildman–Crippen LogP) is 2.25. The van der Waals surface area contributed by atoms with Gasteiger partial charge < -0.3 is 14.7 Å². The van der Waals surface area contributed by atoms with Crippen LogP contribution in [0.1, 0.15) is 18.5 Å². The molecule has 0 spiro atoms. The first-order valence-electron chi connectivity index (χ1n) is 7.53. The van der Waals surface area contributed by atoms with E-state index >= 15 is 0 Å². The number of nitrogens with zero attached hydrogens (tertiary/aromatic N) is 2. The van der Waals surface area contributed by atoms with Gasteiger partial charge in [-0.15, -0.1) is 12.4 Å². The third kappa shape index (κ3) is 3.59. The lowest BCUT2D eigenvalue weighted by molar-refractivity contribution is -0.132. The van der Waals surface area contributed by atoms with E-state index in [0.29, 0.717) is 12.3 Å². The molecule has 1 aromatic carbocycles. The van der Waals surface area contributed by atoms with Crippen LogP contribution in [0.15, 0.2) is 28.8 Å². The maximum atomic E-state index is 12.5. The molecule has 1 N–H and O–H groups in total. The number of hydrogen-bond donors (Lipinski definition) is 1. The van der Waals surface area contributed by atoms with Gasteiger partial charge in [0, 0.05) is 18.5 Å². The number of nitrogens with one attached hydrogen (secondary N) is 1. The molecule has 1 aromatic heterocycles. The maximum Gasteiger partial charge on any atom is 0.228 e. The fourth-order valence-corrected chi connectivity index (χ4v) is 3.07. The van der Waals surface area contributed by atoms with E-state index < -0.39 is 0 Å². The summed E-state index contributed by atoms with van der Waals surface area (Å²) in [5.74, 6) is 0.705. The van der Waals surface area contributed by atoms with Gasteiger partial charge in [0.1, 0.15) is 5.69 Å². The van der Waals surface area contributed by atoms with Crippen molar-refractivity contribution in [3.63, 3.8) is 0 Å². The van der Waals surface area contributed by atoms with Crippen molar-refractivity contribution in [2.45, 2.75) is 19.3 Å². The van der Waals surface area contributed by atoms with E-state index in [0.717, 1.165) is 42.7 Å². The van der Waals surface area contributed by atoms with Gasteiger partial charge in [-0.1, -0.05) is 17.3 Å². The Morgan fingerprint density at radius 2 is 2.27 bits per heavy atom. The highest BCUT2D eigenvalue weighted by Gasteiger charge is 2.24. The molecule has 5 nitrogen and oxygen atoms in total. The number of hydrogen-bond acceptors (Lipinski definition) is 4. The second-order valence-corrected chi connectivity index (χ2v) is 5.71. The molecular weight excluding hydrogens is 302 g/mol. The Kier molecular flexibility index (Phi) is 5.80. The molecule has 2 aromatic rings. The number of halogens is 1. The van der Waals surface area contributed by atoms with Crippen molar-refractivity contribution in [3.8, 4) is 0 Å². The molecule has 1 unspecified atom stereocenters. The zero-order valence-corrected chi connectivity index (χ0v) is 13.6. The van der Waals surface area contributed by atoms with Gasteiger partial charge >= 0.3 is 0 Å². The summed E-state index contributed by atoms with van der Waals surface area (Å²) in [4.78, 5) is 14.5. The lowest BCUT2D eigenvalue weighted by Crippen LogP contribution is -2.43. The van der Waals surface area contributed by atoms with Crippen LogP contribution < -0.4 is 5.32 Å². The summed E-state index contributed by atoms with van der Waals surface area (Å²) in [6.07, 6.45) is 2.60. The lowest BCUT2D eigenvalue weighted by Gasteiger charge is -2.32. The smallest absolute Gasteiger partial charge is 0.228 e. The number of amides is 1. The van der Waals surface area contributed by atoms with Crippen LogP contribution in [0.5, 0.6) is 0 Å². The molecule has 6 heteroatoms. The lowest BCUT2D eigenvalue weighted by atomic mass is 9.97. The zero-order chi connectivity index (χ0) is 14.7. The van der Waals surface area contributed by atoms with Gasteiger partial charge in [0.05, 0.1) is 6.42 Å². The highest BCUT2D eigenvalue weighted by molar-refractivity contribution is 5.86. The van der Waals surface area contributed by atoms with Crippen LogP contribution >= 0.6 is 12.4 Å². The van der Waals surface area contributed by atoms with Gasteiger partial charge in [-0.05, 0) is 44.5 Å². The van der Waals surface area contributed by atoms with Crippen LogP contribution in [0.2, 0.25) is 0 Å². The van der Waals surface area contributed by atoms with E-state index in [-0.39, 0.29) is 18.3 Å². The number of piperidine rings is 1. The van der Waals surface area contributed by atoms with Gasteiger partial charge in [0.25, 0.3) is 0 Å². The Balaban J connectivity index is 0.00000176. The largest absolute Gasteiger partial charge is 0.356 e. The summed E-state index contributed by atoms with van der Waals surface area (Å²) in [5.41, 5.74) is 1.48. The summed E-state index contributed by atoms with van der Waals surface area (Å²) < 4.78 is 5.27. The molecular formula is C16H22ClN3O2. The number of carbonyl (C=O) groups is 1. The van der Waals surface area contributed by atoms with Gasteiger partial charge in [0.2, 0.25) is 5.91 Å². The van der Waals surface area contributed by atoms with Crippen LogP contribution in [0.4, 0.5) is 0 Å². The minimum absolute atomic E-state index is 0. The number of carbonyl (C=O) groups excluding carboxylic acids is 1. The van der Waals surface area contributed by atoms with E-state index in [9.17, 15) is 4.79 Å². The summed E-state index contributed by atoms with van der Waals surface area (Å²) >= 11 is 0. The van der Waals surface area contributed by atoms with Crippen LogP contribution in [-0.4, -0.2) is 42.6 Å². The van der Waals surface area contributed by atoms with Crippen molar-refractivity contribution in [1.29, 1.82) is 0 Å². The van der Waals surface area contributed by atoms with E-state index in [1.807, 2.05) is 36.2 Å². The number of rotatable bonds is 4. The Morgan fingerprint density at radius 1 is 1.45 bits per heavy atom. The van der Waals surface area contributed by atoms with E-state index in [2.05, 4.69) is 10.5 Å². The summed E-state index contributed by atoms with van der Waals surface area (Å²) in [7, 11) is 1.96. The van der Waals surface area contributed by atoms with Crippen molar-refractivity contribution >= 4 is 29.3 Å². The second-order valence-electron chi connectivity index (χ2n) is 5.71. The highest BCUT2D eigenvalue weighted by Crippen LogP contribution is 2.20. The van der Waals surface area contributed by atoms with Crippen molar-refractivity contribution in [2.75, 3.05) is 26.7 Å². The first kappa shape index (κ1) is 16.8. The molecule has 0 radical (unpaired) electrons. The molecule has 120 valence electrons. The Labute approximate surface area is 136 Å². The van der Waals surface area contributed by atoms with Crippen LogP contribution in [0, 0.1) is 5.92 Å². The second kappa shape index (κ2) is 7.61. The average molecular weight is 324 g/mol. The topological polar surface area (TPSA) is 58.4 Å². The first-order valence-corrected chi connectivity index (χ1v) is 7.53. The fraction of sp³-hybridized carbons (Fsp3) is 0.500. The van der Waals surface area contributed by atoms with Gasteiger partial charge in [-0.2, -0.15) is 0 Å². The van der Waals surface area contributed by atoms with Crippen molar-refractivity contribution in [3.05, 3.63) is 30.0 Å². The van der Waals surface area contributed by atoms with E-state index in [1.165, 1.54) is 6.42 Å². The molecule has 22 heavy (non-hydrogen) atoms. The normalized spacial score (nSPS) is 18.2. The van der Waals surface area contributed by atoms with Crippen LogP contribution in [0.25, 0.3) is 11.0 Å². The first-order chi connectivity index (χ1) is 10.3. The van der Waals surface area contributed by atoms with Crippen molar-refractivity contribution < 1.29 is 9.32 Å². The van der Waals surface area contributed by atoms with Crippen LogP contribution in [-0.2, 0) is 11.2 Å². The molecule has 1 aliphatic heterocycles. The maximum absolute atomic E-state index is 12.5. The summed E-state index contributed by atoms with van der Waals surface area (Å²) in [5, 5.41) is 8.19. The standard InChI is InChI=1S/C16H21N3O2.ClH/c1-17-10-12-5-4-8-19(11-12)16(20)9-14-13-6-2-3-7-15(13)21-18-14;/h2-3,6-7,12,17H,4-5,8-11H2,1H3;1H. The number of fused-ring (bicyclic) bond motifs is 1. The molecule has 0 saturated carbocycles. The van der Waals surface area contributed by atoms with E-state index in [1.54, 1.807) is 0 Å². The van der Waals surface area contributed by atoms with E-state index in [4.69, 9.17) is 4.52 Å². The molecule has 0 bridgehead atoms. The van der Waals surface area contributed by atoms with Gasteiger partial charge in [-0.3, -0.25) is 4.79 Å². The molecule has 1 aliphatic rings. The summed E-state index contributed by atoms with van der Waals surface area (Å²) in [6, 6.07) is 7.68. The highest BCUT2D eigenvalue weighted by atomic mass is 35.5. The predicted molar refractivity (Wildman–Crippen MR) is 88.2 cm³/mol. The molecule has 1 amide bonds. The Morgan fingerprint density at radius 3 is 3.09 bits per heavy atom. The van der Waals surface area contributed by atoms with Gasteiger partial charge in [0.15, 0.2) is 5.58 Å². The van der Waals surface area contributed by atoms with Crippen LogP contribution in [0.3, 0.4) is 0 Å². The summed E-state index contributed by atoms with van der Waals surface area (Å²) in [6.45, 7) is 2.67. The number of para-hydroxylation sites is 1. The number of benzene rings is 1. The molecule has 3 rings (SSSR count). The van der Waals surface area contributed by atoms with Gasteiger partial charge in [-0.25, -0.2) is 0 Å². The Bertz CT molecular complexity index is 627. The SMILES string of the molecule is CNCC1CCCN(C(=O)Cc2noc3ccccc23)C1.Cl. The number of aromatic nitrogens is 1. The van der Waals surface area contributed by atoms with Crippen molar-refractivity contribution in [2.24, 2.45) is 5.92 Å². The minimum Gasteiger partial charge on any atom is -0.356 e. The zero-order valence-electron chi connectivity index (χ0n) is 12.7. The quantitative estimate of drug-likeness (QED) is 0.937. The third-order valence-electron chi connectivity index (χ3n) is 4.14. The molecule has 2 heterocycles. The number of likely N-dealkylation sites (tertiary alicyclic amines) is 1. The molecule has 1 atom stereocenters. The molecule has 1 fully saturated rings. The third-order valence-corrected chi connectivity index (χ3v) is 4.14.